The number of hydrogen-bond donors (Lipinski definition) is 1. The first-order valence-corrected chi connectivity index (χ1v) is 3.29. The molecule has 53 valence electrons. The molecule has 1 aromatic rings. The van der Waals surface area contributed by atoms with Gasteiger partial charge < -0.3 is 5.11 Å². The maximum Gasteiger partial charge on any atom is 0.109 e. The number of pyridine rings is 1. The van der Waals surface area contributed by atoms with Crippen molar-refractivity contribution in [3.8, 4) is 0 Å². The van der Waals surface area contributed by atoms with Gasteiger partial charge in [0.25, 0.3) is 0 Å². The maximum atomic E-state index is 9.04. The number of aromatic nitrogens is 1. The molecular formula is C7H7ClNO. The monoisotopic (exact) mass is 156 g/mol. The Morgan fingerprint density at radius 1 is 1.80 bits per heavy atom. The van der Waals surface area contributed by atoms with E-state index in [1.54, 1.807) is 13.0 Å². The lowest BCUT2D eigenvalue weighted by Gasteiger charge is -2.01. The third kappa shape index (κ3) is 1.69. The van der Waals surface area contributed by atoms with Gasteiger partial charge >= 0.3 is 0 Å². The molecule has 0 aromatic carbocycles. The zero-order chi connectivity index (χ0) is 7.56. The van der Waals surface area contributed by atoms with Crippen LogP contribution < -0.4 is 0 Å². The summed E-state index contributed by atoms with van der Waals surface area (Å²) in [5.74, 6) is 0. The first kappa shape index (κ1) is 7.51. The van der Waals surface area contributed by atoms with Crippen molar-refractivity contribution in [2.24, 2.45) is 0 Å². The average Bonchev–Trinajstić information content (AvgIpc) is 1.88. The van der Waals surface area contributed by atoms with Crippen LogP contribution in [-0.2, 0) is 0 Å². The third-order valence-electron chi connectivity index (χ3n) is 1.16. The standard InChI is InChI=1S/C7H7ClNO/c1-5(10)6-2-7(8)4-9-3-6/h2-3,5,10H,1H3. The Hall–Kier alpha value is -0.600. The van der Waals surface area contributed by atoms with E-state index in [1.165, 1.54) is 6.20 Å². The van der Waals surface area contributed by atoms with Gasteiger partial charge in [0.1, 0.15) is 6.20 Å². The summed E-state index contributed by atoms with van der Waals surface area (Å²) in [6.07, 6.45) is 3.55. The summed E-state index contributed by atoms with van der Waals surface area (Å²) in [7, 11) is 0. The number of rotatable bonds is 1. The molecule has 0 bridgehead atoms. The molecule has 0 spiro atoms. The highest BCUT2D eigenvalue weighted by atomic mass is 35.5. The molecule has 0 aliphatic rings. The van der Waals surface area contributed by atoms with Crippen molar-refractivity contribution in [2.45, 2.75) is 13.0 Å². The molecule has 2 nitrogen and oxygen atoms in total. The minimum atomic E-state index is -0.514. The topological polar surface area (TPSA) is 33.1 Å². The molecular weight excluding hydrogens is 150 g/mol. The Labute approximate surface area is 64.5 Å². The normalized spacial score (nSPS) is 13.1. The molecule has 0 amide bonds. The van der Waals surface area contributed by atoms with Gasteiger partial charge in [-0.1, -0.05) is 11.6 Å². The first-order valence-electron chi connectivity index (χ1n) is 2.91. The highest BCUT2D eigenvalue weighted by molar-refractivity contribution is 6.30. The Morgan fingerprint density at radius 2 is 2.50 bits per heavy atom. The Morgan fingerprint density at radius 3 is 2.90 bits per heavy atom. The van der Waals surface area contributed by atoms with E-state index in [1.807, 2.05) is 0 Å². The fourth-order valence-electron chi connectivity index (χ4n) is 0.613. The van der Waals surface area contributed by atoms with Crippen molar-refractivity contribution in [1.29, 1.82) is 0 Å². The van der Waals surface area contributed by atoms with Gasteiger partial charge in [-0.05, 0) is 13.0 Å². The summed E-state index contributed by atoms with van der Waals surface area (Å²) < 4.78 is 0. The predicted molar refractivity (Wildman–Crippen MR) is 38.7 cm³/mol. The van der Waals surface area contributed by atoms with Crippen molar-refractivity contribution in [3.05, 3.63) is 29.0 Å². The van der Waals surface area contributed by atoms with E-state index in [4.69, 9.17) is 16.7 Å². The van der Waals surface area contributed by atoms with Gasteiger partial charge in [-0.25, -0.2) is 0 Å². The summed E-state index contributed by atoms with van der Waals surface area (Å²) >= 11 is 5.56. The van der Waals surface area contributed by atoms with Gasteiger partial charge in [-0.15, -0.1) is 0 Å². The largest absolute Gasteiger partial charge is 0.389 e. The molecule has 0 saturated carbocycles. The van der Waals surface area contributed by atoms with Crippen LogP contribution in [0.15, 0.2) is 12.3 Å². The van der Waals surface area contributed by atoms with Crippen molar-refractivity contribution in [3.63, 3.8) is 0 Å². The number of aliphatic hydroxyl groups excluding tert-OH is 1. The highest BCUT2D eigenvalue weighted by Gasteiger charge is 2.00. The molecule has 1 aromatic heterocycles. The van der Waals surface area contributed by atoms with Gasteiger partial charge in [-0.2, -0.15) is 0 Å². The van der Waals surface area contributed by atoms with E-state index >= 15 is 0 Å². The van der Waals surface area contributed by atoms with Crippen molar-refractivity contribution < 1.29 is 5.11 Å². The van der Waals surface area contributed by atoms with Gasteiger partial charge in [0.15, 0.2) is 0 Å². The average molecular weight is 157 g/mol. The molecule has 0 aliphatic carbocycles. The molecule has 0 aliphatic heterocycles. The summed E-state index contributed by atoms with van der Waals surface area (Å²) in [6.45, 7) is 1.66. The van der Waals surface area contributed by atoms with Gasteiger partial charge in [0.05, 0.1) is 11.1 Å². The van der Waals surface area contributed by atoms with Crippen molar-refractivity contribution >= 4 is 11.6 Å². The molecule has 1 heterocycles. The lowest BCUT2D eigenvalue weighted by atomic mass is 10.2. The zero-order valence-corrected chi connectivity index (χ0v) is 6.26. The van der Waals surface area contributed by atoms with Gasteiger partial charge in [-0.3, -0.25) is 4.98 Å². The van der Waals surface area contributed by atoms with Crippen LogP contribution in [0.25, 0.3) is 0 Å². The van der Waals surface area contributed by atoms with Gasteiger partial charge in [0.2, 0.25) is 0 Å². The molecule has 1 rings (SSSR count). The van der Waals surface area contributed by atoms with E-state index in [2.05, 4.69) is 11.2 Å². The lowest BCUT2D eigenvalue weighted by molar-refractivity contribution is 0.199. The highest BCUT2D eigenvalue weighted by Crippen LogP contribution is 2.14. The molecule has 1 atom stereocenters. The number of hydrogen-bond acceptors (Lipinski definition) is 2. The lowest BCUT2D eigenvalue weighted by Crippen LogP contribution is -1.91. The van der Waals surface area contributed by atoms with Crippen LogP contribution >= 0.6 is 11.6 Å². The molecule has 0 fully saturated rings. The molecule has 1 radical (unpaired) electrons. The summed E-state index contributed by atoms with van der Waals surface area (Å²) in [5, 5.41) is 9.46. The zero-order valence-electron chi connectivity index (χ0n) is 5.50. The maximum absolute atomic E-state index is 9.04. The SMILES string of the molecule is CC(O)c1cn[c]c(Cl)c1. The second-order valence-electron chi connectivity index (χ2n) is 2.04. The second-order valence-corrected chi connectivity index (χ2v) is 2.45. The molecule has 10 heavy (non-hydrogen) atoms. The fraction of sp³-hybridized carbons (Fsp3) is 0.286. The summed E-state index contributed by atoms with van der Waals surface area (Å²) in [5.41, 5.74) is 0.712. The van der Waals surface area contributed by atoms with Crippen LogP contribution in [0.1, 0.15) is 18.6 Å². The quantitative estimate of drug-likeness (QED) is 0.670. The number of nitrogens with zero attached hydrogens (tertiary/aromatic N) is 1. The van der Waals surface area contributed by atoms with Crippen LogP contribution in [0.4, 0.5) is 0 Å². The predicted octanol–water partition coefficient (Wildman–Crippen LogP) is 1.59. The Balaban J connectivity index is 2.96. The van der Waals surface area contributed by atoms with Crippen LogP contribution in [0, 0.1) is 6.20 Å². The fourth-order valence-corrected chi connectivity index (χ4v) is 0.788. The Kier molecular flexibility index (Phi) is 2.25. The van der Waals surface area contributed by atoms with Crippen LogP contribution in [0.5, 0.6) is 0 Å². The number of aliphatic hydroxyl groups is 1. The Bertz CT molecular complexity index is 225. The van der Waals surface area contributed by atoms with E-state index in [-0.39, 0.29) is 0 Å². The minimum Gasteiger partial charge on any atom is -0.389 e. The third-order valence-corrected chi connectivity index (χ3v) is 1.35. The van der Waals surface area contributed by atoms with E-state index in [0.717, 1.165) is 0 Å². The molecule has 1 N–H and O–H groups in total. The number of halogens is 1. The van der Waals surface area contributed by atoms with Crippen molar-refractivity contribution in [2.75, 3.05) is 0 Å². The minimum absolute atomic E-state index is 0.429. The van der Waals surface area contributed by atoms with E-state index in [0.29, 0.717) is 10.6 Å². The molecule has 1 unspecified atom stereocenters. The smallest absolute Gasteiger partial charge is 0.109 e. The van der Waals surface area contributed by atoms with E-state index < -0.39 is 6.10 Å². The molecule has 0 saturated heterocycles. The van der Waals surface area contributed by atoms with Crippen molar-refractivity contribution in [1.82, 2.24) is 4.98 Å². The van der Waals surface area contributed by atoms with E-state index in [9.17, 15) is 0 Å². The summed E-state index contributed by atoms with van der Waals surface area (Å²) in [4.78, 5) is 3.69. The van der Waals surface area contributed by atoms with Gasteiger partial charge in [0, 0.05) is 11.8 Å². The van der Waals surface area contributed by atoms with Crippen LogP contribution in [-0.4, -0.2) is 10.1 Å². The van der Waals surface area contributed by atoms with Crippen LogP contribution in [0.3, 0.4) is 0 Å². The summed E-state index contributed by atoms with van der Waals surface area (Å²) in [6, 6.07) is 1.64. The van der Waals surface area contributed by atoms with Crippen LogP contribution in [0.2, 0.25) is 5.02 Å². The first-order chi connectivity index (χ1) is 4.70. The molecule has 3 heteroatoms. The second kappa shape index (κ2) is 2.99.